The molecule has 1 radical (unpaired) electrons. The molecule has 0 saturated heterocycles. The first-order valence-corrected chi connectivity index (χ1v) is 12.3. The number of amidine groups is 1. The van der Waals surface area contributed by atoms with Crippen molar-refractivity contribution < 1.29 is 41.1 Å². The van der Waals surface area contributed by atoms with E-state index >= 15 is 0 Å². The third-order valence-corrected chi connectivity index (χ3v) is 8.34. The van der Waals surface area contributed by atoms with Gasteiger partial charge in [0, 0.05) is 32.7 Å². The number of benzene rings is 2. The molecule has 3 aromatic rings. The number of thioether (sulfide) groups is 1. The van der Waals surface area contributed by atoms with Crippen LogP contribution in [0.3, 0.4) is 0 Å². The predicted molar refractivity (Wildman–Crippen MR) is 127 cm³/mol. The molecule has 1 aromatic heterocycles. The minimum atomic E-state index is -3.70. The average molecular weight is 537 g/mol. The zero-order valence-electron chi connectivity index (χ0n) is 17.9. The van der Waals surface area contributed by atoms with E-state index in [2.05, 4.69) is 0 Å². The minimum Gasteiger partial charge on any atom is -0.383 e. The van der Waals surface area contributed by atoms with Crippen molar-refractivity contribution in [3.63, 3.8) is 0 Å². The molecule has 0 bridgehead atoms. The number of aryl methyl sites for hydroxylation is 1. The number of nitrogen functional groups attached to an aromatic ring is 1. The quantitative estimate of drug-likeness (QED) is 0.180. The molecule has 8 heteroatoms. The van der Waals surface area contributed by atoms with Crippen LogP contribution in [0.15, 0.2) is 68.6 Å². The molecule has 0 aliphatic heterocycles. The van der Waals surface area contributed by atoms with Crippen LogP contribution in [0, 0.1) is 19.8 Å². The van der Waals surface area contributed by atoms with Gasteiger partial charge in [-0.1, -0.05) is 50.2 Å². The summed E-state index contributed by atoms with van der Waals surface area (Å²) in [5.74, 6) is -0.125. The number of sulfone groups is 1. The van der Waals surface area contributed by atoms with Crippen molar-refractivity contribution in [1.29, 1.82) is 5.41 Å². The van der Waals surface area contributed by atoms with Crippen LogP contribution in [-0.2, 0) is 42.5 Å². The van der Waals surface area contributed by atoms with Crippen molar-refractivity contribution in [1.82, 2.24) is 0 Å². The Kier molecular flexibility index (Phi) is 12.3. The van der Waals surface area contributed by atoms with Gasteiger partial charge >= 0.3 is 0 Å². The maximum atomic E-state index is 13.2. The molecule has 0 aliphatic carbocycles. The molecule has 3 N–H and O–H groups in total. The fraction of sp³-hybridized carbons (Fsp3) is 0.182. The molecule has 0 spiro atoms. The maximum absolute atomic E-state index is 13.2. The first kappa shape index (κ1) is 29.0. The SMILES string of the molecule is CC.CSc1sc(C(=N)N)cc1S(=O)(=O)c1cccc(-c2ccccc2C)c1.[CH3-].[Y]. The van der Waals surface area contributed by atoms with Gasteiger partial charge in [0.15, 0.2) is 0 Å². The van der Waals surface area contributed by atoms with Crippen LogP contribution in [0.1, 0.15) is 24.3 Å². The van der Waals surface area contributed by atoms with E-state index in [0.717, 1.165) is 16.7 Å². The molecule has 0 amide bonds. The van der Waals surface area contributed by atoms with Crippen molar-refractivity contribution >= 4 is 38.8 Å². The van der Waals surface area contributed by atoms with Gasteiger partial charge in [-0.3, -0.25) is 5.41 Å². The molecule has 0 aliphatic rings. The number of hydrogen-bond acceptors (Lipinski definition) is 5. The molecule has 0 unspecified atom stereocenters. The Morgan fingerprint density at radius 1 is 1.07 bits per heavy atom. The third-order valence-electron chi connectivity index (χ3n) is 4.01. The zero-order valence-corrected chi connectivity index (χ0v) is 23.2. The number of nitrogens with two attached hydrogens (primary N) is 1. The van der Waals surface area contributed by atoms with E-state index in [1.165, 1.54) is 29.2 Å². The van der Waals surface area contributed by atoms with Gasteiger partial charge in [-0.05, 0) is 48.1 Å². The van der Waals surface area contributed by atoms with Gasteiger partial charge < -0.3 is 13.2 Å². The smallest absolute Gasteiger partial charge is 0.208 e. The van der Waals surface area contributed by atoms with Gasteiger partial charge in [0.1, 0.15) is 5.84 Å². The molecule has 3 rings (SSSR count). The van der Waals surface area contributed by atoms with E-state index in [0.29, 0.717) is 9.09 Å². The Bertz CT molecular complexity index is 1090. The molecule has 4 nitrogen and oxygen atoms in total. The maximum Gasteiger partial charge on any atom is 0.208 e. The molecule has 0 fully saturated rings. The summed E-state index contributed by atoms with van der Waals surface area (Å²) in [7, 11) is -3.70. The Labute approximate surface area is 214 Å². The van der Waals surface area contributed by atoms with Gasteiger partial charge in [0.05, 0.1) is 18.9 Å². The topological polar surface area (TPSA) is 84.0 Å². The number of thiophene rings is 1. The summed E-state index contributed by atoms with van der Waals surface area (Å²) < 4.78 is 27.0. The fourth-order valence-corrected chi connectivity index (χ4v) is 6.58. The molecular formula is C22H27N2O2S3Y-. The molecule has 0 atom stereocenters. The van der Waals surface area contributed by atoms with Crippen LogP contribution >= 0.6 is 23.1 Å². The van der Waals surface area contributed by atoms with Gasteiger partial charge in [0.25, 0.3) is 0 Å². The summed E-state index contributed by atoms with van der Waals surface area (Å²) in [5.41, 5.74) is 8.49. The number of rotatable bonds is 5. The van der Waals surface area contributed by atoms with Crippen molar-refractivity contribution in [2.45, 2.75) is 34.8 Å². The van der Waals surface area contributed by atoms with Crippen LogP contribution < -0.4 is 5.73 Å². The largest absolute Gasteiger partial charge is 0.383 e. The van der Waals surface area contributed by atoms with Gasteiger partial charge in [-0.25, -0.2) is 8.42 Å². The molecule has 1 heterocycles. The summed E-state index contributed by atoms with van der Waals surface area (Å²) in [5, 5.41) is 7.58. The summed E-state index contributed by atoms with van der Waals surface area (Å²) >= 11 is 2.57. The first-order valence-electron chi connectivity index (χ1n) is 8.78. The van der Waals surface area contributed by atoms with Gasteiger partial charge in [-0.2, -0.15) is 0 Å². The standard InChI is InChI=1S/C19H18N2O2S3.C2H6.CH3.Y/c1-12-6-3-4-9-15(12)13-7-5-8-14(10-13)26(22,23)17-11-16(18(20)21)25-19(17)24-2;1-2;;/h3-11H,1-2H3,(H3,20,21);1-2H3;1H3;/q;;-1;. The Hall–Kier alpha value is -0.986. The second kappa shape index (κ2) is 12.8. The third kappa shape index (κ3) is 6.27. The van der Waals surface area contributed by atoms with Crippen LogP contribution in [0.2, 0.25) is 0 Å². The van der Waals surface area contributed by atoms with Crippen LogP contribution in [0.4, 0.5) is 0 Å². The summed E-state index contributed by atoms with van der Waals surface area (Å²) in [4.78, 5) is 0.909. The van der Waals surface area contributed by atoms with Crippen molar-refractivity contribution in [3.05, 3.63) is 72.5 Å². The summed E-state index contributed by atoms with van der Waals surface area (Å²) in [6.07, 6.45) is 1.82. The van der Waals surface area contributed by atoms with E-state index in [-0.39, 0.29) is 55.8 Å². The van der Waals surface area contributed by atoms with Crippen molar-refractivity contribution in [3.8, 4) is 11.1 Å². The molecule has 159 valence electrons. The minimum absolute atomic E-state index is 0. The number of hydrogen-bond donors (Lipinski definition) is 2. The van der Waals surface area contributed by atoms with Crippen LogP contribution in [0.5, 0.6) is 0 Å². The van der Waals surface area contributed by atoms with Crippen molar-refractivity contribution in [2.75, 3.05) is 6.26 Å². The Morgan fingerprint density at radius 2 is 1.70 bits per heavy atom. The van der Waals surface area contributed by atoms with E-state index in [4.69, 9.17) is 11.1 Å². The monoisotopic (exact) mass is 536 g/mol. The average Bonchev–Trinajstić information content (AvgIpc) is 3.16. The zero-order chi connectivity index (χ0) is 20.9. The van der Waals surface area contributed by atoms with Gasteiger partial charge in [0.2, 0.25) is 9.84 Å². The molecular weight excluding hydrogens is 509 g/mol. The van der Waals surface area contributed by atoms with Crippen molar-refractivity contribution in [2.24, 2.45) is 5.73 Å². The summed E-state index contributed by atoms with van der Waals surface area (Å²) in [6.45, 7) is 6.00. The molecule has 0 saturated carbocycles. The first-order chi connectivity index (χ1) is 13.3. The molecule has 2 aromatic carbocycles. The second-order valence-corrected chi connectivity index (χ2v) is 9.77. The summed E-state index contributed by atoms with van der Waals surface area (Å²) in [6, 6.07) is 16.3. The van der Waals surface area contributed by atoms with E-state index in [1.807, 2.05) is 57.4 Å². The Balaban J connectivity index is 0.00000204. The Morgan fingerprint density at radius 3 is 2.27 bits per heavy atom. The molecule has 30 heavy (non-hydrogen) atoms. The second-order valence-electron chi connectivity index (χ2n) is 5.73. The van der Waals surface area contributed by atoms with Crippen LogP contribution in [-0.4, -0.2) is 20.5 Å². The number of nitrogens with one attached hydrogen (secondary N) is 1. The predicted octanol–water partition coefficient (Wildman–Crippen LogP) is 6.04. The van der Waals surface area contributed by atoms with E-state index < -0.39 is 9.84 Å². The van der Waals surface area contributed by atoms with E-state index in [1.54, 1.807) is 18.2 Å². The van der Waals surface area contributed by atoms with Crippen LogP contribution in [0.25, 0.3) is 11.1 Å². The normalized spacial score (nSPS) is 10.1. The van der Waals surface area contributed by atoms with Gasteiger partial charge in [-0.15, -0.1) is 23.1 Å². The fourth-order valence-electron chi connectivity index (χ4n) is 2.67. The van der Waals surface area contributed by atoms with E-state index in [9.17, 15) is 8.42 Å².